The fraction of sp³-hybridized carbons (Fsp3) is 0.522. The summed E-state index contributed by atoms with van der Waals surface area (Å²) in [6.07, 6.45) is 0.0273. The average Bonchev–Trinajstić information content (AvgIpc) is 3.24. The molecule has 3 heterocycles. The van der Waals surface area contributed by atoms with Crippen molar-refractivity contribution in [1.29, 1.82) is 0 Å². The lowest BCUT2D eigenvalue weighted by atomic mass is 9.98. The van der Waals surface area contributed by atoms with Crippen LogP contribution in [0.4, 0.5) is 0 Å². The normalized spacial score (nSPS) is 23.2. The summed E-state index contributed by atoms with van der Waals surface area (Å²) in [7, 11) is 0. The van der Waals surface area contributed by atoms with Crippen LogP contribution >= 0.6 is 11.3 Å². The van der Waals surface area contributed by atoms with Crippen molar-refractivity contribution in [2.24, 2.45) is 0 Å². The monoisotopic (exact) mass is 413 g/mol. The summed E-state index contributed by atoms with van der Waals surface area (Å²) < 4.78 is 6.13. The number of hydrogen-bond donors (Lipinski definition) is 0. The molecular weight excluding hydrogens is 382 g/mol. The van der Waals surface area contributed by atoms with Crippen LogP contribution in [0.3, 0.4) is 0 Å². The Hall–Kier alpha value is -1.73. The minimum absolute atomic E-state index is 0.0273. The van der Waals surface area contributed by atoms with E-state index in [2.05, 4.69) is 52.6 Å². The number of piperazine rings is 1. The maximum absolute atomic E-state index is 13.0. The molecule has 6 heteroatoms. The van der Waals surface area contributed by atoms with Gasteiger partial charge < -0.3 is 9.64 Å². The second-order valence-corrected chi connectivity index (χ2v) is 9.47. The molecule has 2 aromatic rings. The number of benzene rings is 1. The highest BCUT2D eigenvalue weighted by Gasteiger charge is 2.37. The van der Waals surface area contributed by atoms with E-state index in [-0.39, 0.29) is 17.6 Å². The van der Waals surface area contributed by atoms with E-state index in [1.165, 1.54) is 11.1 Å². The van der Waals surface area contributed by atoms with E-state index in [1.54, 1.807) is 11.3 Å². The number of hydrogen-bond acceptors (Lipinski definition) is 5. The van der Waals surface area contributed by atoms with Crippen LogP contribution < -0.4 is 0 Å². The van der Waals surface area contributed by atoms with E-state index in [1.807, 2.05) is 23.1 Å². The molecule has 2 aliphatic heterocycles. The Labute approximate surface area is 177 Å². The quantitative estimate of drug-likeness (QED) is 0.754. The largest absolute Gasteiger partial charge is 0.370 e. The Morgan fingerprint density at radius 3 is 2.59 bits per heavy atom. The van der Waals surface area contributed by atoms with Crippen molar-refractivity contribution >= 4 is 17.2 Å². The Morgan fingerprint density at radius 2 is 1.90 bits per heavy atom. The zero-order valence-corrected chi connectivity index (χ0v) is 18.2. The summed E-state index contributed by atoms with van der Waals surface area (Å²) in [6.45, 7) is 10.7. The molecule has 4 rings (SSSR count). The van der Waals surface area contributed by atoms with Gasteiger partial charge >= 0.3 is 0 Å². The van der Waals surface area contributed by atoms with Gasteiger partial charge in [0.25, 0.3) is 0 Å². The van der Waals surface area contributed by atoms with Gasteiger partial charge in [-0.15, -0.1) is 0 Å². The van der Waals surface area contributed by atoms with Crippen LogP contribution in [0.2, 0.25) is 0 Å². The summed E-state index contributed by atoms with van der Waals surface area (Å²) in [4.78, 5) is 19.8. The number of carbonyl (C=O) groups excluding carboxylic acids is 1. The second kappa shape index (κ2) is 8.96. The zero-order chi connectivity index (χ0) is 20.3. The van der Waals surface area contributed by atoms with Gasteiger partial charge in [-0.05, 0) is 41.8 Å². The highest BCUT2D eigenvalue weighted by atomic mass is 32.1. The molecule has 1 atom stereocenters. The van der Waals surface area contributed by atoms with E-state index >= 15 is 0 Å². The Balaban J connectivity index is 1.32. The molecule has 2 fully saturated rings. The summed E-state index contributed by atoms with van der Waals surface area (Å²) >= 11 is 1.74. The number of thiophene rings is 1. The molecule has 1 unspecified atom stereocenters. The van der Waals surface area contributed by atoms with Gasteiger partial charge in [-0.1, -0.05) is 30.3 Å². The lowest BCUT2D eigenvalue weighted by Crippen LogP contribution is -2.58. The van der Waals surface area contributed by atoms with Crippen LogP contribution in [0.1, 0.15) is 31.1 Å². The van der Waals surface area contributed by atoms with E-state index in [0.29, 0.717) is 13.2 Å². The highest BCUT2D eigenvalue weighted by Crippen LogP contribution is 2.30. The number of carbonyl (C=O) groups is 1. The Kier molecular flexibility index (Phi) is 6.35. The first kappa shape index (κ1) is 20.5. The van der Waals surface area contributed by atoms with Gasteiger partial charge in [0, 0.05) is 44.8 Å². The van der Waals surface area contributed by atoms with Crippen molar-refractivity contribution in [1.82, 2.24) is 14.7 Å². The van der Waals surface area contributed by atoms with Crippen molar-refractivity contribution in [3.8, 4) is 0 Å². The van der Waals surface area contributed by atoms with E-state index in [4.69, 9.17) is 4.74 Å². The molecule has 0 N–H and O–H groups in total. The lowest BCUT2D eigenvalue weighted by Gasteiger charge is -2.46. The van der Waals surface area contributed by atoms with Crippen LogP contribution in [-0.2, 0) is 16.1 Å². The molecule has 1 aromatic heterocycles. The fourth-order valence-electron chi connectivity index (χ4n) is 4.10. The number of ether oxygens (including phenoxy) is 1. The maximum atomic E-state index is 13.0. The molecule has 29 heavy (non-hydrogen) atoms. The SMILES string of the molecule is CC1(C)COC(c2ccccc2)CN1CC(=O)N1CCN(Cc2ccsc2)CC1. The molecule has 0 saturated carbocycles. The van der Waals surface area contributed by atoms with Gasteiger partial charge in [-0.2, -0.15) is 11.3 Å². The van der Waals surface area contributed by atoms with Crippen molar-refractivity contribution in [3.63, 3.8) is 0 Å². The highest BCUT2D eigenvalue weighted by molar-refractivity contribution is 7.07. The van der Waals surface area contributed by atoms with Gasteiger partial charge in [-0.3, -0.25) is 14.6 Å². The molecule has 0 bridgehead atoms. The first-order valence-corrected chi connectivity index (χ1v) is 11.4. The van der Waals surface area contributed by atoms with Gasteiger partial charge in [0.15, 0.2) is 0 Å². The van der Waals surface area contributed by atoms with Gasteiger partial charge in [0.05, 0.1) is 19.3 Å². The fourth-order valence-corrected chi connectivity index (χ4v) is 4.76. The van der Waals surface area contributed by atoms with Gasteiger partial charge in [0.1, 0.15) is 0 Å². The number of nitrogens with zero attached hydrogens (tertiary/aromatic N) is 3. The molecular formula is C23H31N3O2S. The van der Waals surface area contributed by atoms with Crippen LogP contribution in [-0.4, -0.2) is 72.0 Å². The second-order valence-electron chi connectivity index (χ2n) is 8.69. The molecule has 156 valence electrons. The van der Waals surface area contributed by atoms with Crippen LogP contribution in [0.25, 0.3) is 0 Å². The topological polar surface area (TPSA) is 36.0 Å². The van der Waals surface area contributed by atoms with Crippen LogP contribution in [0.5, 0.6) is 0 Å². The van der Waals surface area contributed by atoms with Crippen LogP contribution in [0.15, 0.2) is 47.2 Å². The minimum atomic E-state index is -0.137. The smallest absolute Gasteiger partial charge is 0.236 e. The Bertz CT molecular complexity index is 786. The first-order chi connectivity index (χ1) is 14.0. The third kappa shape index (κ3) is 5.07. The standard InChI is InChI=1S/C23H31N3O2S/c1-23(2)18-28-21(20-6-4-3-5-7-20)15-26(23)16-22(27)25-11-9-24(10-12-25)14-19-8-13-29-17-19/h3-8,13,17,21H,9-12,14-16,18H2,1-2H3. The maximum Gasteiger partial charge on any atom is 0.236 e. The molecule has 0 spiro atoms. The van der Waals surface area contributed by atoms with E-state index in [9.17, 15) is 4.79 Å². The molecule has 2 aliphatic rings. The van der Waals surface area contributed by atoms with Gasteiger partial charge in [-0.25, -0.2) is 0 Å². The third-order valence-electron chi connectivity index (χ3n) is 6.09. The summed E-state index contributed by atoms with van der Waals surface area (Å²) in [5.74, 6) is 0.238. The average molecular weight is 414 g/mol. The third-order valence-corrected chi connectivity index (χ3v) is 6.82. The Morgan fingerprint density at radius 1 is 1.14 bits per heavy atom. The van der Waals surface area contributed by atoms with Crippen molar-refractivity contribution in [2.45, 2.75) is 32.0 Å². The van der Waals surface area contributed by atoms with Crippen molar-refractivity contribution < 1.29 is 9.53 Å². The van der Waals surface area contributed by atoms with Crippen LogP contribution in [0, 0.1) is 0 Å². The van der Waals surface area contributed by atoms with Crippen molar-refractivity contribution in [2.75, 3.05) is 45.9 Å². The molecule has 0 radical (unpaired) electrons. The van der Waals surface area contributed by atoms with E-state index < -0.39 is 0 Å². The first-order valence-electron chi connectivity index (χ1n) is 10.4. The lowest BCUT2D eigenvalue weighted by molar-refractivity contribution is -0.143. The number of amides is 1. The number of morpholine rings is 1. The van der Waals surface area contributed by atoms with Gasteiger partial charge in [0.2, 0.25) is 5.91 Å². The zero-order valence-electron chi connectivity index (χ0n) is 17.4. The predicted octanol–water partition coefficient (Wildman–Crippen LogP) is 3.24. The summed E-state index contributed by atoms with van der Waals surface area (Å²) in [5.41, 5.74) is 2.42. The summed E-state index contributed by atoms with van der Waals surface area (Å²) in [6, 6.07) is 12.5. The number of rotatable bonds is 5. The summed E-state index contributed by atoms with van der Waals surface area (Å²) in [5, 5.41) is 4.34. The molecule has 5 nitrogen and oxygen atoms in total. The van der Waals surface area contributed by atoms with E-state index in [0.717, 1.165) is 39.3 Å². The minimum Gasteiger partial charge on any atom is -0.370 e. The van der Waals surface area contributed by atoms with Crippen molar-refractivity contribution in [3.05, 3.63) is 58.3 Å². The molecule has 2 saturated heterocycles. The molecule has 1 amide bonds. The predicted molar refractivity (Wildman–Crippen MR) is 117 cm³/mol. The molecule has 0 aliphatic carbocycles. The molecule has 1 aromatic carbocycles.